The zero-order valence-corrected chi connectivity index (χ0v) is 31.0. The van der Waals surface area contributed by atoms with Crippen molar-refractivity contribution < 1.29 is 48.3 Å². The number of rotatable bonds is 24. The summed E-state index contributed by atoms with van der Waals surface area (Å²) in [5, 5.41) is 27.2. The van der Waals surface area contributed by atoms with Crippen LogP contribution in [0.25, 0.3) is 11.2 Å². The Labute approximate surface area is 314 Å². The topological polar surface area (TPSA) is 209 Å². The number of anilines is 1. The summed E-state index contributed by atoms with van der Waals surface area (Å²) in [5.74, 6) is 2.52. The number of nitrogens with one attached hydrogen (secondary N) is 2. The molecular weight excluding hydrogens is 702 g/mol. The minimum absolute atomic E-state index is 0.0894. The molecule has 3 heterocycles. The number of amides is 2. The van der Waals surface area contributed by atoms with Crippen molar-refractivity contribution in [3.63, 3.8) is 0 Å². The van der Waals surface area contributed by atoms with Crippen LogP contribution in [0.4, 0.5) is 10.6 Å². The molecule has 54 heavy (non-hydrogen) atoms. The van der Waals surface area contributed by atoms with Gasteiger partial charge in [0.05, 0.1) is 58.6 Å². The summed E-state index contributed by atoms with van der Waals surface area (Å²) in [7, 11) is 5.20. The maximum Gasteiger partial charge on any atom is 0.315 e. The predicted molar refractivity (Wildman–Crippen MR) is 197 cm³/mol. The molecule has 1 saturated heterocycles. The van der Waals surface area contributed by atoms with E-state index < -0.39 is 43.0 Å². The Morgan fingerprint density at radius 3 is 2.50 bits per heavy atom. The maximum atomic E-state index is 13.9. The fourth-order valence-corrected chi connectivity index (χ4v) is 6.00. The molecule has 17 heteroatoms. The number of ether oxygens (including phenoxy) is 5. The standard InChI is InChI=1S/C37H51N7O10/c1-5-14-51-16-12-26(46)7-6-15-52-18-19-53-17-13-38-37(49)42-29(20-25-8-10-27(50-4)11-9-25)30(47)21-28-31(22-45)54-36(33(28)48)44-24-41-32-34(43(2)3)39-23-40-35(32)44/h1,8-11,23-24,28-29,31,33,36,45,48H,6-7,12-22H2,2-4H3,(H2,38,42,49)/t28-,29+,31-,33?,36?/m1/s1. The van der Waals surface area contributed by atoms with Crippen molar-refractivity contribution in [1.82, 2.24) is 30.2 Å². The second-order valence-electron chi connectivity index (χ2n) is 12.9. The van der Waals surface area contributed by atoms with Crippen LogP contribution in [0.2, 0.25) is 0 Å². The Hall–Kier alpha value is -4.70. The molecule has 1 aliphatic rings. The van der Waals surface area contributed by atoms with Gasteiger partial charge in [-0.25, -0.2) is 19.7 Å². The molecule has 294 valence electrons. The molecular formula is C37H51N7O10. The average Bonchev–Trinajstić information content (AvgIpc) is 3.74. The molecule has 5 atom stereocenters. The minimum atomic E-state index is -1.20. The van der Waals surface area contributed by atoms with Crippen molar-refractivity contribution in [2.75, 3.05) is 78.9 Å². The van der Waals surface area contributed by atoms with Crippen LogP contribution in [0.1, 0.15) is 37.5 Å². The molecule has 0 aliphatic carbocycles. The highest BCUT2D eigenvalue weighted by atomic mass is 16.5. The fourth-order valence-electron chi connectivity index (χ4n) is 6.00. The van der Waals surface area contributed by atoms with Gasteiger partial charge in [0.2, 0.25) is 0 Å². The lowest BCUT2D eigenvalue weighted by molar-refractivity contribution is -0.123. The summed E-state index contributed by atoms with van der Waals surface area (Å²) < 4.78 is 29.0. The summed E-state index contributed by atoms with van der Waals surface area (Å²) in [6, 6.07) is 5.59. The van der Waals surface area contributed by atoms with E-state index in [1.807, 2.05) is 14.1 Å². The van der Waals surface area contributed by atoms with Crippen LogP contribution in [0.5, 0.6) is 5.75 Å². The number of carbonyl (C=O) groups excluding carboxylic acids is 3. The minimum Gasteiger partial charge on any atom is -0.497 e. The van der Waals surface area contributed by atoms with Crippen LogP contribution < -0.4 is 20.3 Å². The first-order chi connectivity index (χ1) is 26.2. The van der Waals surface area contributed by atoms with Gasteiger partial charge in [-0.05, 0) is 30.5 Å². The fraction of sp³-hybridized carbons (Fsp3) is 0.568. The average molecular weight is 754 g/mol. The normalized spacial score (nSPS) is 18.6. The van der Waals surface area contributed by atoms with Crippen molar-refractivity contribution in [3.05, 3.63) is 42.5 Å². The molecule has 2 unspecified atom stereocenters. The Bertz CT molecular complexity index is 1680. The molecule has 1 fully saturated rings. The lowest BCUT2D eigenvalue weighted by Gasteiger charge is -2.23. The first-order valence-corrected chi connectivity index (χ1v) is 17.8. The number of hydrogen-bond donors (Lipinski definition) is 4. The van der Waals surface area contributed by atoms with Crippen molar-refractivity contribution in [2.45, 2.75) is 56.6 Å². The number of hydrogen-bond acceptors (Lipinski definition) is 14. The Kier molecular flexibility index (Phi) is 17.0. The molecule has 17 nitrogen and oxygen atoms in total. The third kappa shape index (κ3) is 12.2. The van der Waals surface area contributed by atoms with Crippen molar-refractivity contribution >= 4 is 34.6 Å². The molecule has 0 radical (unpaired) electrons. The zero-order chi connectivity index (χ0) is 38.9. The van der Waals surface area contributed by atoms with Gasteiger partial charge in [0.15, 0.2) is 29.0 Å². The van der Waals surface area contributed by atoms with Crippen molar-refractivity contribution in [3.8, 4) is 18.1 Å². The number of aliphatic hydroxyl groups excluding tert-OH is 2. The number of urea groups is 1. The van der Waals surface area contributed by atoms with E-state index in [0.29, 0.717) is 68.4 Å². The zero-order valence-electron chi connectivity index (χ0n) is 31.0. The molecule has 2 aromatic heterocycles. The van der Waals surface area contributed by atoms with Gasteiger partial charge in [-0.15, -0.1) is 6.42 Å². The monoisotopic (exact) mass is 753 g/mol. The molecule has 4 rings (SSSR count). The number of aliphatic hydroxyl groups is 2. The van der Waals surface area contributed by atoms with Gasteiger partial charge in [0.1, 0.15) is 30.6 Å². The number of fused-ring (bicyclic) bond motifs is 1. The highest BCUT2D eigenvalue weighted by Crippen LogP contribution is 2.38. The van der Waals surface area contributed by atoms with Gasteiger partial charge in [0.25, 0.3) is 0 Å². The molecule has 3 aromatic rings. The Balaban J connectivity index is 1.28. The number of imidazole rings is 1. The first kappa shape index (κ1) is 42.0. The summed E-state index contributed by atoms with van der Waals surface area (Å²) in [6.07, 6.45) is 6.23. The number of terminal acetylenes is 1. The molecule has 0 bridgehead atoms. The predicted octanol–water partition coefficient (Wildman–Crippen LogP) is 1.06. The highest BCUT2D eigenvalue weighted by Gasteiger charge is 2.46. The molecule has 0 saturated carbocycles. The number of ketones is 2. The lowest BCUT2D eigenvalue weighted by Crippen LogP contribution is -2.48. The first-order valence-electron chi connectivity index (χ1n) is 17.8. The van der Waals surface area contributed by atoms with Crippen LogP contribution in [0.3, 0.4) is 0 Å². The van der Waals surface area contributed by atoms with Gasteiger partial charge in [-0.3, -0.25) is 14.2 Å². The largest absolute Gasteiger partial charge is 0.497 e. The van der Waals surface area contributed by atoms with Crippen LogP contribution >= 0.6 is 0 Å². The van der Waals surface area contributed by atoms with Gasteiger partial charge in [0, 0.05) is 52.4 Å². The SMILES string of the molecule is C#CCOCCC(=O)CCCOCCOCCNC(=O)N[C@@H](Cc1ccc(OC)cc1)C(=O)C[C@H]1C(O)C(n2cnc3c(N(C)C)ncnc32)O[C@@H]1CO. The molecule has 2 amide bonds. The molecule has 0 spiro atoms. The number of aromatic nitrogens is 4. The number of benzene rings is 1. The van der Waals surface area contributed by atoms with E-state index in [4.69, 9.17) is 30.1 Å². The second kappa shape index (κ2) is 21.9. The summed E-state index contributed by atoms with van der Waals surface area (Å²) in [5.41, 5.74) is 1.71. The number of methoxy groups -OCH3 is 1. The number of carbonyl (C=O) groups is 3. The van der Waals surface area contributed by atoms with Crippen LogP contribution in [0.15, 0.2) is 36.9 Å². The quantitative estimate of drug-likeness (QED) is 0.0746. The Morgan fingerprint density at radius 2 is 1.80 bits per heavy atom. The van der Waals surface area contributed by atoms with Gasteiger partial charge in [-0.2, -0.15) is 0 Å². The van der Waals surface area contributed by atoms with E-state index in [-0.39, 0.29) is 44.2 Å². The second-order valence-corrected chi connectivity index (χ2v) is 12.9. The van der Waals surface area contributed by atoms with Crippen molar-refractivity contribution in [1.29, 1.82) is 0 Å². The van der Waals surface area contributed by atoms with Crippen LogP contribution in [0, 0.1) is 18.3 Å². The number of Topliss-reactive ketones (excluding diaryl/α,β-unsaturated/α-hetero) is 2. The van der Waals surface area contributed by atoms with E-state index in [2.05, 4.69) is 31.5 Å². The van der Waals surface area contributed by atoms with Crippen LogP contribution in [-0.4, -0.2) is 140 Å². The molecule has 4 N–H and O–H groups in total. The van der Waals surface area contributed by atoms with Crippen molar-refractivity contribution in [2.24, 2.45) is 5.92 Å². The summed E-state index contributed by atoms with van der Waals surface area (Å²) in [6.45, 7) is 1.50. The van der Waals surface area contributed by atoms with E-state index in [1.165, 1.54) is 12.7 Å². The van der Waals surface area contributed by atoms with Gasteiger partial charge >= 0.3 is 6.03 Å². The van der Waals surface area contributed by atoms with E-state index in [0.717, 1.165) is 5.56 Å². The van der Waals surface area contributed by atoms with Gasteiger partial charge in [-0.1, -0.05) is 18.1 Å². The molecule has 1 aromatic carbocycles. The lowest BCUT2D eigenvalue weighted by atomic mass is 9.88. The summed E-state index contributed by atoms with van der Waals surface area (Å²) >= 11 is 0. The van der Waals surface area contributed by atoms with E-state index >= 15 is 0 Å². The van der Waals surface area contributed by atoms with Crippen LogP contribution in [-0.2, 0) is 35.0 Å². The third-order valence-corrected chi connectivity index (χ3v) is 8.83. The smallest absolute Gasteiger partial charge is 0.315 e. The summed E-state index contributed by atoms with van der Waals surface area (Å²) in [4.78, 5) is 53.5. The Morgan fingerprint density at radius 1 is 1.04 bits per heavy atom. The van der Waals surface area contributed by atoms with E-state index in [1.54, 1.807) is 40.8 Å². The van der Waals surface area contributed by atoms with Gasteiger partial charge < -0.3 is 49.4 Å². The number of nitrogens with zero attached hydrogens (tertiary/aromatic N) is 5. The maximum absolute atomic E-state index is 13.9. The van der Waals surface area contributed by atoms with E-state index in [9.17, 15) is 24.6 Å². The third-order valence-electron chi connectivity index (χ3n) is 8.83. The molecule has 1 aliphatic heterocycles. The highest BCUT2D eigenvalue weighted by molar-refractivity contribution is 5.89.